The first-order valence-corrected chi connectivity index (χ1v) is 13.3. The molecule has 5 unspecified atom stereocenters. The van der Waals surface area contributed by atoms with E-state index in [-0.39, 0.29) is 5.54 Å². The van der Waals surface area contributed by atoms with Gasteiger partial charge in [0.15, 0.2) is 6.29 Å². The summed E-state index contributed by atoms with van der Waals surface area (Å²) < 4.78 is 26.2. The molecule has 5 aliphatic carbocycles. The molecular weight excluding hydrogens is 422 g/mol. The molecule has 1 spiro atoms. The summed E-state index contributed by atoms with van der Waals surface area (Å²) in [5.41, 5.74) is 4.82. The highest BCUT2D eigenvalue weighted by Gasteiger charge is 2.69. The van der Waals surface area contributed by atoms with Crippen molar-refractivity contribution in [3.8, 4) is 0 Å². The minimum atomic E-state index is -3.41. The lowest BCUT2D eigenvalue weighted by atomic mass is 9.45. The number of H-pyrrole nitrogens is 1. The maximum atomic E-state index is 11.8. The van der Waals surface area contributed by atoms with Gasteiger partial charge in [0, 0.05) is 34.2 Å². The van der Waals surface area contributed by atoms with Crippen molar-refractivity contribution in [2.24, 2.45) is 23.2 Å². The largest absolute Gasteiger partial charge is 0.379 e. The van der Waals surface area contributed by atoms with Crippen molar-refractivity contribution in [3.63, 3.8) is 0 Å². The number of fused-ring (bicyclic) bond motifs is 1. The lowest BCUT2D eigenvalue weighted by Crippen LogP contribution is -2.53. The van der Waals surface area contributed by atoms with Gasteiger partial charge in [0.25, 0.3) is 0 Å². The second-order valence-electron chi connectivity index (χ2n) is 10.8. The standard InChI is InChI=1S/C25H29N3O3S/c1-15(19-5-6-26-23(19)13-29)20-8-18(28-32(2,30)31)3-4-22(20)27-25-10-16-7-17-11-24(9-16,14-25)21(17)12-25/h3-6,8,13,16-17,21,26-28H,1,7,9-12,14H2,2H3. The normalized spacial score (nSPS) is 34.1. The Bertz CT molecular complexity index is 1250. The Kier molecular flexibility index (Phi) is 4.08. The van der Waals surface area contributed by atoms with Crippen molar-refractivity contribution >= 4 is 33.3 Å². The van der Waals surface area contributed by atoms with Crippen molar-refractivity contribution in [1.29, 1.82) is 0 Å². The van der Waals surface area contributed by atoms with Crippen LogP contribution in [0.3, 0.4) is 0 Å². The molecule has 1 heterocycles. The summed E-state index contributed by atoms with van der Waals surface area (Å²) in [6.07, 6.45) is 11.5. The van der Waals surface area contributed by atoms with E-state index in [2.05, 4.69) is 21.6 Å². The number of hydrogen-bond acceptors (Lipinski definition) is 4. The molecule has 7 heteroatoms. The minimum Gasteiger partial charge on any atom is -0.379 e. The molecule has 1 aromatic carbocycles. The van der Waals surface area contributed by atoms with Crippen LogP contribution in [-0.4, -0.2) is 31.5 Å². The zero-order valence-corrected chi connectivity index (χ0v) is 19.1. The Balaban J connectivity index is 1.39. The number of aldehydes is 1. The monoisotopic (exact) mass is 451 g/mol. The first kappa shape index (κ1) is 20.1. The molecule has 5 aliphatic rings. The highest BCUT2D eigenvalue weighted by Crippen LogP contribution is 2.76. The number of aromatic amines is 1. The third-order valence-corrected chi connectivity index (χ3v) is 9.21. The van der Waals surface area contributed by atoms with E-state index in [1.165, 1.54) is 38.5 Å². The van der Waals surface area contributed by atoms with Crippen LogP contribution in [0.15, 0.2) is 37.0 Å². The van der Waals surface area contributed by atoms with Gasteiger partial charge in [0.1, 0.15) is 0 Å². The molecular formula is C25H29N3O3S. The summed E-state index contributed by atoms with van der Waals surface area (Å²) in [5, 5.41) is 3.94. The van der Waals surface area contributed by atoms with Crippen molar-refractivity contribution in [2.45, 2.75) is 44.1 Å². The Morgan fingerprint density at radius 3 is 2.81 bits per heavy atom. The molecule has 1 aromatic heterocycles. The SMILES string of the molecule is C=C(c1cc(NS(C)(=O)=O)ccc1NC12CC3CC4CC(C3)(C1)C4C2)c1cc[nH]c1C=O. The molecule has 4 bridgehead atoms. The van der Waals surface area contributed by atoms with Crippen LogP contribution < -0.4 is 10.0 Å². The van der Waals surface area contributed by atoms with E-state index in [0.717, 1.165) is 47.1 Å². The molecule has 0 saturated heterocycles. The lowest BCUT2D eigenvalue weighted by molar-refractivity contribution is -0.102. The first-order valence-electron chi connectivity index (χ1n) is 11.4. The van der Waals surface area contributed by atoms with Crippen LogP contribution in [0.2, 0.25) is 0 Å². The lowest BCUT2D eigenvalue weighted by Gasteiger charge is -2.60. The van der Waals surface area contributed by atoms with Gasteiger partial charge in [-0.1, -0.05) is 6.58 Å². The Morgan fingerprint density at radius 1 is 1.19 bits per heavy atom. The summed E-state index contributed by atoms with van der Waals surface area (Å²) in [4.78, 5) is 14.5. The third kappa shape index (κ3) is 2.97. The zero-order chi connectivity index (χ0) is 22.3. The number of rotatable bonds is 7. The van der Waals surface area contributed by atoms with Gasteiger partial charge in [-0.15, -0.1) is 0 Å². The number of carbonyl (C=O) groups is 1. The molecule has 32 heavy (non-hydrogen) atoms. The fraction of sp³-hybridized carbons (Fsp3) is 0.480. The number of aromatic nitrogens is 1. The zero-order valence-electron chi connectivity index (χ0n) is 18.3. The fourth-order valence-corrected chi connectivity index (χ4v) is 8.47. The molecule has 0 amide bonds. The maximum Gasteiger partial charge on any atom is 0.229 e. The smallest absolute Gasteiger partial charge is 0.229 e. The quantitative estimate of drug-likeness (QED) is 0.535. The molecule has 5 saturated carbocycles. The molecule has 3 N–H and O–H groups in total. The number of carbonyl (C=O) groups excluding carboxylic acids is 1. The molecule has 2 aromatic rings. The van der Waals surface area contributed by atoms with E-state index >= 15 is 0 Å². The molecule has 168 valence electrons. The summed E-state index contributed by atoms with van der Waals surface area (Å²) >= 11 is 0. The van der Waals surface area contributed by atoms with E-state index in [1.807, 2.05) is 18.2 Å². The van der Waals surface area contributed by atoms with E-state index < -0.39 is 10.0 Å². The van der Waals surface area contributed by atoms with Crippen molar-refractivity contribution < 1.29 is 13.2 Å². The maximum absolute atomic E-state index is 11.8. The van der Waals surface area contributed by atoms with Gasteiger partial charge >= 0.3 is 0 Å². The number of anilines is 2. The second-order valence-corrected chi connectivity index (χ2v) is 12.5. The van der Waals surface area contributed by atoms with Crippen LogP contribution in [-0.2, 0) is 10.0 Å². The van der Waals surface area contributed by atoms with E-state index in [9.17, 15) is 13.2 Å². The predicted octanol–water partition coefficient (Wildman–Crippen LogP) is 4.64. The van der Waals surface area contributed by atoms with E-state index in [0.29, 0.717) is 22.4 Å². The minimum absolute atomic E-state index is 0.102. The van der Waals surface area contributed by atoms with Gasteiger partial charge in [-0.05, 0) is 91.5 Å². The fourth-order valence-electron chi connectivity index (χ4n) is 7.91. The van der Waals surface area contributed by atoms with Crippen molar-refractivity contribution in [3.05, 3.63) is 53.9 Å². The van der Waals surface area contributed by atoms with Crippen molar-refractivity contribution in [2.75, 3.05) is 16.3 Å². The Hall–Kier alpha value is -2.54. The Morgan fingerprint density at radius 2 is 2.03 bits per heavy atom. The number of nitrogens with one attached hydrogen (secondary N) is 3. The van der Waals surface area contributed by atoms with Crippen LogP contribution in [0.5, 0.6) is 0 Å². The third-order valence-electron chi connectivity index (χ3n) is 8.61. The van der Waals surface area contributed by atoms with Gasteiger partial charge in [-0.3, -0.25) is 9.52 Å². The number of benzene rings is 1. The number of hydrogen-bond donors (Lipinski definition) is 3. The molecule has 5 atom stereocenters. The van der Waals surface area contributed by atoms with Crippen LogP contribution in [0, 0.1) is 23.2 Å². The van der Waals surface area contributed by atoms with Crippen LogP contribution in [0.4, 0.5) is 11.4 Å². The van der Waals surface area contributed by atoms with E-state index in [4.69, 9.17) is 0 Å². The van der Waals surface area contributed by atoms with Gasteiger partial charge in [0.2, 0.25) is 10.0 Å². The summed E-state index contributed by atoms with van der Waals surface area (Å²) in [5.74, 6) is 2.60. The van der Waals surface area contributed by atoms with Crippen molar-refractivity contribution in [1.82, 2.24) is 4.98 Å². The first-order chi connectivity index (χ1) is 15.2. The second kappa shape index (κ2) is 6.50. The molecule has 7 rings (SSSR count). The van der Waals surface area contributed by atoms with Gasteiger partial charge in [-0.25, -0.2) is 8.42 Å². The van der Waals surface area contributed by atoms with Gasteiger partial charge in [0.05, 0.1) is 11.9 Å². The Labute approximate surface area is 188 Å². The number of sulfonamides is 1. The van der Waals surface area contributed by atoms with E-state index in [1.54, 1.807) is 12.3 Å². The van der Waals surface area contributed by atoms with Crippen LogP contribution >= 0.6 is 0 Å². The van der Waals surface area contributed by atoms with Gasteiger partial charge < -0.3 is 10.3 Å². The molecule has 0 aliphatic heterocycles. The molecule has 6 nitrogen and oxygen atoms in total. The summed E-state index contributed by atoms with van der Waals surface area (Å²) in [6.45, 7) is 4.29. The predicted molar refractivity (Wildman–Crippen MR) is 126 cm³/mol. The summed E-state index contributed by atoms with van der Waals surface area (Å²) in [6, 6.07) is 7.43. The topological polar surface area (TPSA) is 91.1 Å². The average molecular weight is 452 g/mol. The van der Waals surface area contributed by atoms with Gasteiger partial charge in [-0.2, -0.15) is 0 Å². The average Bonchev–Trinajstić information content (AvgIpc) is 3.23. The highest BCUT2D eigenvalue weighted by atomic mass is 32.2. The summed E-state index contributed by atoms with van der Waals surface area (Å²) in [7, 11) is -3.41. The molecule has 5 fully saturated rings. The van der Waals surface area contributed by atoms with Crippen LogP contribution in [0.25, 0.3) is 5.57 Å². The van der Waals surface area contributed by atoms with Crippen LogP contribution in [0.1, 0.15) is 60.1 Å². The molecule has 0 radical (unpaired) electrons. The highest BCUT2D eigenvalue weighted by molar-refractivity contribution is 7.92.